The maximum atomic E-state index is 12.4. The normalized spacial score (nSPS) is 15.1. The van der Waals surface area contributed by atoms with E-state index in [-0.39, 0.29) is 12.0 Å². The molecule has 0 bridgehead atoms. The molecule has 1 aliphatic heterocycles. The first-order valence-electron chi connectivity index (χ1n) is 8.21. The van der Waals surface area contributed by atoms with E-state index in [2.05, 4.69) is 9.97 Å². The van der Waals surface area contributed by atoms with Crippen LogP contribution in [0.2, 0.25) is 0 Å². The number of hydrogen-bond acceptors (Lipinski definition) is 5. The summed E-state index contributed by atoms with van der Waals surface area (Å²) in [5, 5.41) is 0. The Hall–Kier alpha value is -2.63. The fourth-order valence-corrected chi connectivity index (χ4v) is 2.75. The second-order valence-electron chi connectivity index (χ2n) is 5.58. The summed E-state index contributed by atoms with van der Waals surface area (Å²) in [7, 11) is 0. The maximum absolute atomic E-state index is 12.4. The van der Waals surface area contributed by atoms with Gasteiger partial charge in [0.15, 0.2) is 11.5 Å². The number of ether oxygens (including phenoxy) is 2. The molecule has 0 aliphatic carbocycles. The van der Waals surface area contributed by atoms with Crippen LogP contribution in [0, 0.1) is 0 Å². The van der Waals surface area contributed by atoms with Gasteiger partial charge in [0.2, 0.25) is 0 Å². The van der Waals surface area contributed by atoms with Crippen LogP contribution >= 0.6 is 0 Å². The van der Waals surface area contributed by atoms with Crippen LogP contribution in [-0.4, -0.2) is 46.6 Å². The molecule has 2 heterocycles. The van der Waals surface area contributed by atoms with E-state index in [9.17, 15) is 4.79 Å². The Morgan fingerprint density at radius 2 is 1.96 bits per heavy atom. The average Bonchev–Trinajstić information content (AvgIpc) is 2.64. The molecule has 6 nitrogen and oxygen atoms in total. The summed E-state index contributed by atoms with van der Waals surface area (Å²) < 4.78 is 11.7. The number of aromatic nitrogens is 2. The minimum Gasteiger partial charge on any atom is -0.490 e. The molecule has 24 heavy (non-hydrogen) atoms. The van der Waals surface area contributed by atoms with Gasteiger partial charge in [0, 0.05) is 38.3 Å². The maximum Gasteiger partial charge on any atom is 0.274 e. The predicted octanol–water partition coefficient (Wildman–Crippen LogP) is 2.56. The molecule has 3 rings (SSSR count). The lowest BCUT2D eigenvalue weighted by molar-refractivity contribution is 0.0583. The van der Waals surface area contributed by atoms with E-state index in [1.807, 2.05) is 31.2 Å². The van der Waals surface area contributed by atoms with Gasteiger partial charge in [-0.1, -0.05) is 12.1 Å². The number of amides is 1. The van der Waals surface area contributed by atoms with Gasteiger partial charge in [-0.15, -0.1) is 0 Å². The van der Waals surface area contributed by atoms with Gasteiger partial charge >= 0.3 is 0 Å². The standard InChI is InChI=1S/C18H21N3O3/c1-2-23-16-5-3-4-6-17(16)24-14-7-11-21(12-8-14)18(22)15-13-19-9-10-20-15/h3-6,9-10,13-14H,2,7-8,11-12H2,1H3. The molecule has 6 heteroatoms. The molecule has 1 saturated heterocycles. The van der Waals surface area contributed by atoms with Crippen molar-refractivity contribution in [1.29, 1.82) is 0 Å². The lowest BCUT2D eigenvalue weighted by Crippen LogP contribution is -2.42. The van der Waals surface area contributed by atoms with Crippen molar-refractivity contribution in [3.05, 3.63) is 48.5 Å². The van der Waals surface area contributed by atoms with Crippen LogP contribution in [0.3, 0.4) is 0 Å². The summed E-state index contributed by atoms with van der Waals surface area (Å²) in [6.07, 6.45) is 6.25. The van der Waals surface area contributed by atoms with Crippen LogP contribution in [0.25, 0.3) is 0 Å². The highest BCUT2D eigenvalue weighted by atomic mass is 16.5. The molecular formula is C18H21N3O3. The zero-order chi connectivity index (χ0) is 16.8. The van der Waals surface area contributed by atoms with Crippen LogP contribution in [0.1, 0.15) is 30.3 Å². The zero-order valence-electron chi connectivity index (χ0n) is 13.7. The molecule has 1 aliphatic rings. The zero-order valence-corrected chi connectivity index (χ0v) is 13.7. The number of hydrogen-bond donors (Lipinski definition) is 0. The van der Waals surface area contributed by atoms with Crippen molar-refractivity contribution in [2.45, 2.75) is 25.9 Å². The molecule has 1 aromatic heterocycles. The number of para-hydroxylation sites is 2. The topological polar surface area (TPSA) is 64.6 Å². The lowest BCUT2D eigenvalue weighted by atomic mass is 10.1. The first kappa shape index (κ1) is 16.2. The second-order valence-corrected chi connectivity index (χ2v) is 5.58. The number of carbonyl (C=O) groups excluding carboxylic acids is 1. The Morgan fingerprint density at radius 1 is 1.21 bits per heavy atom. The third-order valence-corrected chi connectivity index (χ3v) is 3.95. The van der Waals surface area contributed by atoms with Crippen LogP contribution < -0.4 is 9.47 Å². The summed E-state index contributed by atoms with van der Waals surface area (Å²) in [4.78, 5) is 22.2. The van der Waals surface area contributed by atoms with Crippen LogP contribution in [0.5, 0.6) is 11.5 Å². The smallest absolute Gasteiger partial charge is 0.274 e. The number of nitrogens with zero attached hydrogens (tertiary/aromatic N) is 3. The molecule has 0 unspecified atom stereocenters. The summed E-state index contributed by atoms with van der Waals surface area (Å²) in [5.74, 6) is 1.45. The third kappa shape index (κ3) is 3.82. The van der Waals surface area contributed by atoms with Crippen molar-refractivity contribution in [3.8, 4) is 11.5 Å². The SMILES string of the molecule is CCOc1ccccc1OC1CCN(C(=O)c2cnccn2)CC1. The Morgan fingerprint density at radius 3 is 2.62 bits per heavy atom. The number of carbonyl (C=O) groups is 1. The van der Waals surface area contributed by atoms with E-state index in [4.69, 9.17) is 9.47 Å². The van der Waals surface area contributed by atoms with E-state index < -0.39 is 0 Å². The Kier molecular flexibility index (Phi) is 5.25. The van der Waals surface area contributed by atoms with Gasteiger partial charge in [0.25, 0.3) is 5.91 Å². The quantitative estimate of drug-likeness (QED) is 0.844. The largest absolute Gasteiger partial charge is 0.490 e. The minimum absolute atomic E-state index is 0.0729. The van der Waals surface area contributed by atoms with Gasteiger partial charge in [-0.05, 0) is 19.1 Å². The van der Waals surface area contributed by atoms with Crippen molar-refractivity contribution in [3.63, 3.8) is 0 Å². The van der Waals surface area contributed by atoms with E-state index in [1.54, 1.807) is 11.1 Å². The molecule has 126 valence electrons. The fourth-order valence-electron chi connectivity index (χ4n) is 2.75. The average molecular weight is 327 g/mol. The molecule has 1 fully saturated rings. The molecule has 0 radical (unpaired) electrons. The fraction of sp³-hybridized carbons (Fsp3) is 0.389. The number of benzene rings is 1. The van der Waals surface area contributed by atoms with Gasteiger partial charge in [-0.25, -0.2) is 4.98 Å². The van der Waals surface area contributed by atoms with Crippen molar-refractivity contribution in [1.82, 2.24) is 14.9 Å². The molecule has 1 aromatic carbocycles. The Balaban J connectivity index is 1.57. The second kappa shape index (κ2) is 7.77. The van der Waals surface area contributed by atoms with Crippen molar-refractivity contribution in [2.75, 3.05) is 19.7 Å². The van der Waals surface area contributed by atoms with Crippen LogP contribution in [0.4, 0.5) is 0 Å². The predicted molar refractivity (Wildman–Crippen MR) is 89.2 cm³/mol. The van der Waals surface area contributed by atoms with Gasteiger partial charge in [0.05, 0.1) is 12.8 Å². The molecule has 0 saturated carbocycles. The van der Waals surface area contributed by atoms with E-state index in [0.29, 0.717) is 25.4 Å². The summed E-state index contributed by atoms with van der Waals surface area (Å²) >= 11 is 0. The summed E-state index contributed by atoms with van der Waals surface area (Å²) in [6, 6.07) is 7.69. The van der Waals surface area contributed by atoms with Gasteiger partial charge in [-0.3, -0.25) is 9.78 Å². The van der Waals surface area contributed by atoms with Crippen molar-refractivity contribution >= 4 is 5.91 Å². The van der Waals surface area contributed by atoms with Gasteiger partial charge in [0.1, 0.15) is 11.8 Å². The van der Waals surface area contributed by atoms with Crippen molar-refractivity contribution in [2.24, 2.45) is 0 Å². The first-order valence-corrected chi connectivity index (χ1v) is 8.21. The highest BCUT2D eigenvalue weighted by molar-refractivity contribution is 5.92. The van der Waals surface area contributed by atoms with Crippen molar-refractivity contribution < 1.29 is 14.3 Å². The first-order chi connectivity index (χ1) is 11.8. The summed E-state index contributed by atoms with van der Waals surface area (Å²) in [6.45, 7) is 3.85. The van der Waals surface area contributed by atoms with E-state index in [0.717, 1.165) is 24.3 Å². The number of piperidine rings is 1. The van der Waals surface area contributed by atoms with E-state index >= 15 is 0 Å². The van der Waals surface area contributed by atoms with Gasteiger partial charge in [-0.2, -0.15) is 0 Å². The van der Waals surface area contributed by atoms with Gasteiger partial charge < -0.3 is 14.4 Å². The number of rotatable bonds is 5. The molecule has 2 aromatic rings. The highest BCUT2D eigenvalue weighted by Crippen LogP contribution is 2.29. The van der Waals surface area contributed by atoms with Crippen LogP contribution in [-0.2, 0) is 0 Å². The summed E-state index contributed by atoms with van der Waals surface area (Å²) in [5.41, 5.74) is 0.388. The highest BCUT2D eigenvalue weighted by Gasteiger charge is 2.26. The number of likely N-dealkylation sites (tertiary alicyclic amines) is 1. The third-order valence-electron chi connectivity index (χ3n) is 3.95. The Bertz CT molecular complexity index is 670. The molecule has 0 spiro atoms. The van der Waals surface area contributed by atoms with Crippen LogP contribution in [0.15, 0.2) is 42.9 Å². The molecule has 0 N–H and O–H groups in total. The Labute approximate surface area is 141 Å². The molecule has 1 amide bonds. The van der Waals surface area contributed by atoms with E-state index in [1.165, 1.54) is 12.4 Å². The molecular weight excluding hydrogens is 306 g/mol. The minimum atomic E-state index is -0.0729. The molecule has 0 atom stereocenters. The monoisotopic (exact) mass is 327 g/mol. The lowest BCUT2D eigenvalue weighted by Gasteiger charge is -2.32.